The molecule has 1 heterocycles. The largest absolute Gasteiger partial charge is 0.492 e. The fraction of sp³-hybridized carbons (Fsp3) is 0.273. The van der Waals surface area contributed by atoms with Crippen molar-refractivity contribution >= 4 is 60.9 Å². The van der Waals surface area contributed by atoms with Gasteiger partial charge in [0.2, 0.25) is 0 Å². The molecule has 0 aliphatic heterocycles. The minimum atomic E-state index is -0.439. The smallest absolute Gasteiger partial charge is 0.278 e. The van der Waals surface area contributed by atoms with Gasteiger partial charge in [0.15, 0.2) is 5.75 Å². The molecule has 0 aliphatic rings. The fourth-order valence-corrected chi connectivity index (χ4v) is 4.64. The van der Waals surface area contributed by atoms with Gasteiger partial charge in [-0.05, 0) is 41.5 Å². The summed E-state index contributed by atoms with van der Waals surface area (Å²) in [4.78, 5) is 24.3. The number of carbonyl (C=O) groups is 1. The van der Waals surface area contributed by atoms with Gasteiger partial charge in [-0.15, -0.1) is 22.0 Å². The van der Waals surface area contributed by atoms with Crippen LogP contribution in [0.2, 0.25) is 0 Å². The van der Waals surface area contributed by atoms with Gasteiger partial charge in [0.05, 0.1) is 33.7 Å². The molecule has 7 nitrogen and oxygen atoms in total. The van der Waals surface area contributed by atoms with E-state index in [9.17, 15) is 14.9 Å². The van der Waals surface area contributed by atoms with Gasteiger partial charge < -0.3 is 14.8 Å². The van der Waals surface area contributed by atoms with Gasteiger partial charge in [0, 0.05) is 10.8 Å². The lowest BCUT2D eigenvalue weighted by atomic mass is 9.86. The molecule has 0 radical (unpaired) electrons. The summed E-state index contributed by atoms with van der Waals surface area (Å²) in [5, 5.41) is 14.7. The molecular weight excluding hydrogens is 434 g/mol. The summed E-state index contributed by atoms with van der Waals surface area (Å²) in [5.41, 5.74) is 2.12. The average molecular weight is 460 g/mol. The zero-order valence-electron chi connectivity index (χ0n) is 18.1. The molecule has 31 heavy (non-hydrogen) atoms. The first-order valence-corrected chi connectivity index (χ1v) is 12.1. The molecule has 0 saturated heterocycles. The van der Waals surface area contributed by atoms with Crippen LogP contribution in [0.5, 0.6) is 5.75 Å². The Hall–Kier alpha value is -2.91. The average Bonchev–Trinajstić information content (AvgIpc) is 3.10. The zero-order valence-corrected chi connectivity index (χ0v) is 19.7. The number of benzene rings is 2. The highest BCUT2D eigenvalue weighted by atomic mass is 32.2. The molecule has 0 fully saturated rings. The van der Waals surface area contributed by atoms with Crippen LogP contribution < -0.4 is 14.8 Å². The summed E-state index contributed by atoms with van der Waals surface area (Å²) < 4.78 is 9.59. The topological polar surface area (TPSA) is 93.5 Å². The van der Waals surface area contributed by atoms with E-state index in [0.29, 0.717) is 26.4 Å². The molecule has 2 aromatic carbocycles. The van der Waals surface area contributed by atoms with Crippen molar-refractivity contribution in [2.75, 3.05) is 23.4 Å². The Morgan fingerprint density at radius 3 is 2.48 bits per heavy atom. The number of nitro groups is 1. The molecule has 2 N–H and O–H groups in total. The monoisotopic (exact) mass is 459 g/mol. The maximum absolute atomic E-state index is 13.1. The van der Waals surface area contributed by atoms with Crippen LogP contribution in [0, 0.1) is 10.1 Å². The number of nitrogens with zero attached hydrogens (tertiary/aromatic N) is 1. The van der Waals surface area contributed by atoms with Gasteiger partial charge in [-0.25, -0.2) is 0 Å². The molecule has 0 saturated carbocycles. The fourth-order valence-electron chi connectivity index (χ4n) is 3.14. The number of nitro benzene ring substituents is 1. The number of hydrogen-bond acceptors (Lipinski definition) is 6. The first-order chi connectivity index (χ1) is 14.5. The Balaban J connectivity index is 2.06. The van der Waals surface area contributed by atoms with Crippen molar-refractivity contribution in [3.05, 3.63) is 57.0 Å². The standard InChI is InChI=1S/C22H25N3O4S2/c1-22(2,3)13-10-15(20(29-4)16(11-13)24-31(5)6)23-21(26)19-12-14-17(25(27)28)8-7-9-18(14)30-19/h7-12,24H,5H2,1-4,6H3,(H,23,26). The van der Waals surface area contributed by atoms with Gasteiger partial charge in [-0.1, -0.05) is 32.7 Å². The second-order valence-corrected chi connectivity index (χ2v) is 10.7. The van der Waals surface area contributed by atoms with Crippen molar-refractivity contribution in [1.29, 1.82) is 0 Å². The van der Waals surface area contributed by atoms with Crippen LogP contribution in [-0.2, 0) is 5.41 Å². The number of carbonyl (C=O) groups excluding carboxylic acids is 1. The molecule has 9 heteroatoms. The van der Waals surface area contributed by atoms with E-state index in [1.54, 1.807) is 25.3 Å². The minimum absolute atomic E-state index is 0.0166. The lowest BCUT2D eigenvalue weighted by Gasteiger charge is -2.24. The number of methoxy groups -OCH3 is 1. The van der Waals surface area contributed by atoms with Crippen LogP contribution in [0.3, 0.4) is 0 Å². The minimum Gasteiger partial charge on any atom is -0.492 e. The van der Waals surface area contributed by atoms with Crippen molar-refractivity contribution in [2.24, 2.45) is 0 Å². The maximum Gasteiger partial charge on any atom is 0.278 e. The van der Waals surface area contributed by atoms with E-state index < -0.39 is 4.92 Å². The Labute approximate surface area is 187 Å². The lowest BCUT2D eigenvalue weighted by molar-refractivity contribution is -0.383. The summed E-state index contributed by atoms with van der Waals surface area (Å²) in [5.74, 6) is 4.17. The van der Waals surface area contributed by atoms with Crippen LogP contribution in [0.4, 0.5) is 17.1 Å². The summed E-state index contributed by atoms with van der Waals surface area (Å²) in [6, 6.07) is 10.3. The quantitative estimate of drug-likeness (QED) is 0.267. The maximum atomic E-state index is 13.1. The van der Waals surface area contributed by atoms with Crippen molar-refractivity contribution in [3.8, 4) is 5.75 Å². The summed E-state index contributed by atoms with van der Waals surface area (Å²) >= 11 is 1.21. The number of anilines is 2. The molecule has 0 bridgehead atoms. The molecular formula is C22H25N3O4S2. The number of rotatable bonds is 6. The lowest BCUT2D eigenvalue weighted by Crippen LogP contribution is -2.16. The number of hydrogen-bond donors (Lipinski definition) is 2. The van der Waals surface area contributed by atoms with Crippen LogP contribution in [0.15, 0.2) is 36.4 Å². The summed E-state index contributed by atoms with van der Waals surface area (Å²) in [6.07, 6.45) is 1.95. The van der Waals surface area contributed by atoms with Gasteiger partial charge in [-0.3, -0.25) is 14.9 Å². The normalized spacial score (nSPS) is 12.4. The van der Waals surface area contributed by atoms with E-state index in [2.05, 4.69) is 36.7 Å². The summed E-state index contributed by atoms with van der Waals surface area (Å²) in [7, 11) is 1.21. The third-order valence-corrected chi connectivity index (χ3v) is 6.32. The third-order valence-electron chi connectivity index (χ3n) is 4.65. The van der Waals surface area contributed by atoms with Crippen LogP contribution in [0.25, 0.3) is 10.1 Å². The Bertz CT molecular complexity index is 1200. The van der Waals surface area contributed by atoms with Gasteiger partial charge >= 0.3 is 0 Å². The van der Waals surface area contributed by atoms with Crippen molar-refractivity contribution in [1.82, 2.24) is 0 Å². The van der Waals surface area contributed by atoms with Crippen molar-refractivity contribution in [3.63, 3.8) is 0 Å². The predicted molar refractivity (Wildman–Crippen MR) is 132 cm³/mol. The van der Waals surface area contributed by atoms with E-state index in [1.807, 2.05) is 18.4 Å². The molecule has 1 unspecified atom stereocenters. The molecule has 164 valence electrons. The highest BCUT2D eigenvalue weighted by Gasteiger charge is 2.23. The van der Waals surface area contributed by atoms with E-state index in [-0.39, 0.29) is 27.7 Å². The second kappa shape index (κ2) is 8.68. The summed E-state index contributed by atoms with van der Waals surface area (Å²) in [6.45, 7) is 6.27. The zero-order chi connectivity index (χ0) is 22.9. The molecule has 3 aromatic rings. The van der Waals surface area contributed by atoms with Crippen molar-refractivity contribution < 1.29 is 14.5 Å². The molecule has 1 amide bonds. The molecule has 0 aliphatic carbocycles. The first kappa shape index (κ1) is 22.8. The third kappa shape index (κ3) is 4.88. The van der Waals surface area contributed by atoms with Gasteiger partial charge in [0.25, 0.3) is 11.6 Å². The predicted octanol–water partition coefficient (Wildman–Crippen LogP) is 6.03. The molecule has 3 rings (SSSR count). The van der Waals surface area contributed by atoms with E-state index in [0.717, 1.165) is 11.3 Å². The van der Waals surface area contributed by atoms with E-state index in [4.69, 9.17) is 4.74 Å². The number of amides is 1. The van der Waals surface area contributed by atoms with E-state index in [1.165, 1.54) is 17.4 Å². The van der Waals surface area contributed by atoms with Gasteiger partial charge in [0.1, 0.15) is 0 Å². The first-order valence-electron chi connectivity index (χ1n) is 9.44. The van der Waals surface area contributed by atoms with Crippen LogP contribution in [0.1, 0.15) is 36.0 Å². The second-order valence-electron chi connectivity index (χ2n) is 8.10. The van der Waals surface area contributed by atoms with E-state index >= 15 is 0 Å². The van der Waals surface area contributed by atoms with Gasteiger partial charge in [-0.2, -0.15) is 0 Å². The van der Waals surface area contributed by atoms with Crippen LogP contribution >= 0.6 is 22.0 Å². The number of nitrogens with one attached hydrogen (secondary N) is 2. The number of non-ortho nitro benzene ring substituents is 1. The Kier molecular flexibility index (Phi) is 6.38. The number of fused-ring (bicyclic) bond motifs is 1. The molecule has 0 spiro atoms. The molecule has 1 atom stereocenters. The number of thiophene rings is 1. The highest BCUT2D eigenvalue weighted by molar-refractivity contribution is 8.14. The van der Waals surface area contributed by atoms with Crippen molar-refractivity contribution in [2.45, 2.75) is 26.2 Å². The number of ether oxygens (including phenoxy) is 1. The Morgan fingerprint density at radius 2 is 1.90 bits per heavy atom. The SMILES string of the molecule is C=S(C)Nc1cc(C(C)(C)C)cc(NC(=O)c2cc3c([N+](=O)[O-])cccc3s2)c1OC. The van der Waals surface area contributed by atoms with Crippen LogP contribution in [-0.4, -0.2) is 30.1 Å². The highest BCUT2D eigenvalue weighted by Crippen LogP contribution is 2.40. The Morgan fingerprint density at radius 1 is 1.23 bits per heavy atom. The molecule has 1 aromatic heterocycles.